The molecule has 0 saturated carbocycles. The van der Waals surface area contributed by atoms with Crippen molar-refractivity contribution >= 4 is 39.6 Å². The minimum absolute atomic E-state index is 0.340. The summed E-state index contributed by atoms with van der Waals surface area (Å²) in [5.74, 6) is 0. The van der Waals surface area contributed by atoms with Gasteiger partial charge in [-0.3, -0.25) is 0 Å². The van der Waals surface area contributed by atoms with Gasteiger partial charge in [0.15, 0.2) is 0 Å². The van der Waals surface area contributed by atoms with Crippen LogP contribution in [0, 0.1) is 21.1 Å². The lowest BCUT2D eigenvalue weighted by atomic mass is 9.93. The van der Waals surface area contributed by atoms with Crippen molar-refractivity contribution in [3.63, 3.8) is 0 Å². The second-order valence-electron chi connectivity index (χ2n) is 5.13. The summed E-state index contributed by atoms with van der Waals surface area (Å²) in [5.41, 5.74) is 4.19. The van der Waals surface area contributed by atoms with Crippen LogP contribution >= 0.6 is 33.9 Å². The van der Waals surface area contributed by atoms with Crippen molar-refractivity contribution in [1.29, 1.82) is 5.26 Å². The molecule has 1 aliphatic rings. The number of thiophene rings is 1. The fourth-order valence-corrected chi connectivity index (χ4v) is 4.92. The Morgan fingerprint density at radius 1 is 1.45 bits per heavy atom. The maximum Gasteiger partial charge on any atom is 0.102 e. The Bertz CT molecular complexity index is 684. The zero-order valence-electron chi connectivity index (χ0n) is 11.2. The van der Waals surface area contributed by atoms with E-state index in [1.807, 2.05) is 36.5 Å². The number of fused-ring (bicyclic) bond motifs is 1. The first-order valence-electron chi connectivity index (χ1n) is 6.73. The topological polar surface area (TPSA) is 35.8 Å². The molecule has 0 fully saturated rings. The van der Waals surface area contributed by atoms with Gasteiger partial charge in [0.05, 0.1) is 20.2 Å². The van der Waals surface area contributed by atoms with Crippen LogP contribution in [0.3, 0.4) is 0 Å². The van der Waals surface area contributed by atoms with Crippen molar-refractivity contribution in [3.05, 3.63) is 48.7 Å². The molecule has 20 heavy (non-hydrogen) atoms. The highest BCUT2D eigenvalue weighted by atomic mass is 127. The van der Waals surface area contributed by atoms with Crippen LogP contribution in [0.4, 0.5) is 5.69 Å². The van der Waals surface area contributed by atoms with Crippen molar-refractivity contribution < 1.29 is 0 Å². The molecule has 1 atom stereocenters. The molecule has 1 aliphatic carbocycles. The maximum absolute atomic E-state index is 9.34. The van der Waals surface area contributed by atoms with Gasteiger partial charge in [0.25, 0.3) is 0 Å². The quantitative estimate of drug-likeness (QED) is 0.726. The summed E-state index contributed by atoms with van der Waals surface area (Å²) in [5, 5.41) is 12.9. The van der Waals surface area contributed by atoms with Gasteiger partial charge in [-0.1, -0.05) is 12.1 Å². The molecular weight excluding hydrogens is 379 g/mol. The smallest absolute Gasteiger partial charge is 0.102 e. The predicted molar refractivity (Wildman–Crippen MR) is 92.2 cm³/mol. The van der Waals surface area contributed by atoms with E-state index < -0.39 is 0 Å². The molecule has 0 radical (unpaired) electrons. The number of aryl methyl sites for hydroxylation is 2. The van der Waals surface area contributed by atoms with Gasteiger partial charge in [0.1, 0.15) is 6.07 Å². The minimum atomic E-state index is 0.340. The number of rotatable bonds is 2. The van der Waals surface area contributed by atoms with E-state index in [-0.39, 0.29) is 0 Å². The molecule has 0 saturated heterocycles. The van der Waals surface area contributed by atoms with Gasteiger partial charge in [-0.05, 0) is 72.0 Å². The van der Waals surface area contributed by atoms with Crippen LogP contribution in [0.1, 0.15) is 40.5 Å². The van der Waals surface area contributed by atoms with Crippen molar-refractivity contribution in [2.45, 2.75) is 32.2 Å². The minimum Gasteiger partial charge on any atom is -0.377 e. The van der Waals surface area contributed by atoms with Gasteiger partial charge in [0, 0.05) is 4.88 Å². The first kappa shape index (κ1) is 13.9. The van der Waals surface area contributed by atoms with E-state index in [9.17, 15) is 5.26 Å². The molecule has 1 N–H and O–H groups in total. The van der Waals surface area contributed by atoms with E-state index in [0.29, 0.717) is 6.04 Å². The number of anilines is 1. The second-order valence-corrected chi connectivity index (χ2v) is 8.16. The Hall–Kier alpha value is -1.06. The molecule has 4 heteroatoms. The van der Waals surface area contributed by atoms with E-state index in [2.05, 4.69) is 40.0 Å². The molecule has 2 aromatic rings. The summed E-state index contributed by atoms with van der Waals surface area (Å²) in [7, 11) is 0. The highest BCUT2D eigenvalue weighted by Crippen LogP contribution is 2.38. The molecule has 3 rings (SSSR count). The fraction of sp³-hybridized carbons (Fsp3) is 0.312. The highest BCUT2D eigenvalue weighted by Gasteiger charge is 2.23. The highest BCUT2D eigenvalue weighted by molar-refractivity contribution is 14.1. The Morgan fingerprint density at radius 3 is 3.10 bits per heavy atom. The lowest BCUT2D eigenvalue weighted by Crippen LogP contribution is -2.16. The Morgan fingerprint density at radius 2 is 2.30 bits per heavy atom. The van der Waals surface area contributed by atoms with Crippen LogP contribution in [-0.2, 0) is 6.42 Å². The molecule has 0 bridgehead atoms. The average Bonchev–Trinajstić information content (AvgIpc) is 2.80. The maximum atomic E-state index is 9.34. The number of hydrogen-bond acceptors (Lipinski definition) is 3. The number of halogens is 1. The van der Waals surface area contributed by atoms with Gasteiger partial charge < -0.3 is 5.32 Å². The van der Waals surface area contributed by atoms with Crippen molar-refractivity contribution in [2.75, 3.05) is 5.32 Å². The first-order valence-corrected chi connectivity index (χ1v) is 8.63. The van der Waals surface area contributed by atoms with E-state index in [4.69, 9.17) is 0 Å². The third-order valence-corrected chi connectivity index (χ3v) is 5.77. The van der Waals surface area contributed by atoms with Gasteiger partial charge in [0.2, 0.25) is 0 Å². The van der Waals surface area contributed by atoms with E-state index in [0.717, 1.165) is 23.2 Å². The summed E-state index contributed by atoms with van der Waals surface area (Å²) in [6.45, 7) is 1.99. The molecule has 0 spiro atoms. The van der Waals surface area contributed by atoms with Crippen LogP contribution in [0.15, 0.2) is 24.3 Å². The molecule has 102 valence electrons. The van der Waals surface area contributed by atoms with Crippen molar-refractivity contribution in [2.24, 2.45) is 0 Å². The average molecular weight is 394 g/mol. The van der Waals surface area contributed by atoms with Crippen LogP contribution < -0.4 is 5.32 Å². The summed E-state index contributed by atoms with van der Waals surface area (Å²) < 4.78 is 1.35. The normalized spacial score (nSPS) is 17.4. The fourth-order valence-electron chi connectivity index (χ4n) is 2.80. The second kappa shape index (κ2) is 5.74. The monoisotopic (exact) mass is 394 g/mol. The summed E-state index contributed by atoms with van der Waals surface area (Å²) in [6.07, 6.45) is 3.55. The lowest BCUT2D eigenvalue weighted by molar-refractivity contribution is 0.608. The van der Waals surface area contributed by atoms with Crippen LogP contribution in [-0.4, -0.2) is 0 Å². The molecule has 1 unspecified atom stereocenters. The molecular formula is C16H15IN2S. The van der Waals surface area contributed by atoms with Crippen LogP contribution in [0.25, 0.3) is 0 Å². The van der Waals surface area contributed by atoms with Gasteiger partial charge in [-0.15, -0.1) is 11.3 Å². The third-order valence-electron chi connectivity index (χ3n) is 3.80. The summed E-state index contributed by atoms with van der Waals surface area (Å²) >= 11 is 4.30. The lowest BCUT2D eigenvalue weighted by Gasteiger charge is -2.25. The standard InChI is InChI=1S/C16H15IN2S/c1-10-4-2-5-14(12(10)9-18)19-13-6-3-7-15-11(13)8-16(17)20-15/h2,4-5,8,13,19H,3,6-7H2,1H3. The van der Waals surface area contributed by atoms with Gasteiger partial charge >= 0.3 is 0 Å². The number of hydrogen-bond donors (Lipinski definition) is 1. The molecule has 0 amide bonds. The summed E-state index contributed by atoms with van der Waals surface area (Å²) in [4.78, 5) is 1.50. The number of benzene rings is 1. The van der Waals surface area contributed by atoms with E-state index in [1.54, 1.807) is 0 Å². The van der Waals surface area contributed by atoms with Crippen molar-refractivity contribution in [1.82, 2.24) is 0 Å². The van der Waals surface area contributed by atoms with Gasteiger partial charge in [-0.25, -0.2) is 0 Å². The SMILES string of the molecule is Cc1cccc(NC2CCCc3sc(I)cc32)c1C#N. The summed E-state index contributed by atoms with van der Waals surface area (Å²) in [6, 6.07) is 11.0. The van der Waals surface area contributed by atoms with Gasteiger partial charge in [-0.2, -0.15) is 5.26 Å². The third kappa shape index (κ3) is 2.57. The van der Waals surface area contributed by atoms with Crippen LogP contribution in [0.2, 0.25) is 0 Å². The first-order chi connectivity index (χ1) is 9.69. The van der Waals surface area contributed by atoms with E-state index in [1.165, 1.54) is 26.2 Å². The molecule has 0 aliphatic heterocycles. The Kier molecular flexibility index (Phi) is 3.99. The largest absolute Gasteiger partial charge is 0.377 e. The number of nitrogens with one attached hydrogen (secondary N) is 1. The molecule has 2 nitrogen and oxygen atoms in total. The molecule has 1 aromatic heterocycles. The van der Waals surface area contributed by atoms with Crippen molar-refractivity contribution in [3.8, 4) is 6.07 Å². The number of nitriles is 1. The molecule has 1 heterocycles. The van der Waals surface area contributed by atoms with Crippen LogP contribution in [0.5, 0.6) is 0 Å². The van der Waals surface area contributed by atoms with E-state index >= 15 is 0 Å². The Labute approximate surface area is 137 Å². The zero-order valence-corrected chi connectivity index (χ0v) is 14.2. The molecule has 1 aromatic carbocycles. The zero-order chi connectivity index (χ0) is 14.1. The predicted octanol–water partition coefficient (Wildman–Crippen LogP) is 5.02. The Balaban J connectivity index is 1.94. The number of nitrogens with zero attached hydrogens (tertiary/aromatic N) is 1.